The molecule has 2 heterocycles. The summed E-state index contributed by atoms with van der Waals surface area (Å²) in [6.07, 6.45) is 1.83. The number of alkyl halides is 3. The first kappa shape index (κ1) is 39.3. The molecular formula is C40H47ClF3N9O3. The Morgan fingerprint density at radius 2 is 1.59 bits per heavy atom. The van der Waals surface area contributed by atoms with Crippen LogP contribution < -0.4 is 31.3 Å². The molecule has 5 N–H and O–H groups in total. The lowest BCUT2D eigenvalue weighted by atomic mass is 9.89. The number of rotatable bonds is 18. The van der Waals surface area contributed by atoms with E-state index in [1.807, 2.05) is 26.0 Å². The van der Waals surface area contributed by atoms with Gasteiger partial charge in [-0.25, -0.2) is 0 Å². The number of carbonyl (C=O) groups is 2. The summed E-state index contributed by atoms with van der Waals surface area (Å²) in [6, 6.07) is 13.3. The topological polar surface area (TPSA) is 145 Å². The lowest BCUT2D eigenvalue weighted by Gasteiger charge is -2.32. The van der Waals surface area contributed by atoms with Crippen LogP contribution in [0.15, 0.2) is 72.1 Å². The number of Topliss-reactive ketones (excluding diaryl/α,β-unsaturated/α-hetero) is 1. The fourth-order valence-corrected chi connectivity index (χ4v) is 7.13. The number of anilines is 3. The quantitative estimate of drug-likeness (QED) is 0.0904. The maximum absolute atomic E-state index is 13.1. The van der Waals surface area contributed by atoms with Crippen molar-refractivity contribution in [1.29, 1.82) is 0 Å². The number of ketones is 1. The largest absolute Gasteiger partial charge is 0.454 e. The second-order valence-corrected chi connectivity index (χ2v) is 16.6. The van der Waals surface area contributed by atoms with Crippen molar-refractivity contribution in [3.63, 3.8) is 0 Å². The number of likely N-dealkylation sites (tertiary alicyclic amines) is 1. The number of carbonyl (C=O) groups excluding carboxylic acids is 2. The van der Waals surface area contributed by atoms with Crippen LogP contribution in [0.4, 0.5) is 30.8 Å². The Labute approximate surface area is 329 Å². The summed E-state index contributed by atoms with van der Waals surface area (Å²) in [5.41, 5.74) is 3.01. The van der Waals surface area contributed by atoms with Gasteiger partial charge in [-0.2, -0.15) is 28.1 Å². The van der Waals surface area contributed by atoms with Crippen LogP contribution in [0.2, 0.25) is 5.02 Å². The summed E-state index contributed by atoms with van der Waals surface area (Å²) in [4.78, 5) is 40.9. The van der Waals surface area contributed by atoms with Gasteiger partial charge in [0.2, 0.25) is 17.7 Å². The van der Waals surface area contributed by atoms with Gasteiger partial charge in [0.1, 0.15) is 5.70 Å². The van der Waals surface area contributed by atoms with Gasteiger partial charge in [-0.15, -0.1) is 0 Å². The number of benzene rings is 2. The monoisotopic (exact) mass is 793 g/mol. The molecule has 2 saturated carbocycles. The molecule has 0 unspecified atom stereocenters. The maximum atomic E-state index is 13.1. The first-order valence-electron chi connectivity index (χ1n) is 18.9. The molecule has 12 nitrogen and oxygen atoms in total. The molecule has 0 radical (unpaired) electrons. The minimum absolute atomic E-state index is 0.0372. The van der Waals surface area contributed by atoms with Crippen molar-refractivity contribution in [3.8, 4) is 6.01 Å². The lowest BCUT2D eigenvalue weighted by molar-refractivity contribution is -0.154. The molecule has 3 aliphatic carbocycles. The average molecular weight is 794 g/mol. The molecule has 4 aliphatic rings. The standard InChI is InChI=1S/C40H47ClF3N9O3/c1-25-30(46-22-38(14-15-38)23-53-18-4-5-19-53)31(32(25)54)45-20-37(2,3)21-47-33(55)26-6-12-29(13-7-26)48-34-49-35(51-36(50-34)56-24-40(42,43)44)52-39(16-17-39)27-8-10-28(41)11-9-27/h6-13,45-46H,1,4-5,14-24H2,2-3H3,(H,47,55)(H2,48,49,50,51,52). The molecule has 3 fully saturated rings. The zero-order valence-corrected chi connectivity index (χ0v) is 32.3. The number of nitrogens with zero attached hydrogens (tertiary/aromatic N) is 4. The zero-order chi connectivity index (χ0) is 39.7. The van der Waals surface area contributed by atoms with Crippen LogP contribution in [0.1, 0.15) is 68.3 Å². The van der Waals surface area contributed by atoms with Crippen LogP contribution in [-0.2, 0) is 10.3 Å². The highest BCUT2D eigenvalue weighted by atomic mass is 35.5. The molecule has 1 aromatic heterocycles. The molecule has 7 rings (SSSR count). The summed E-state index contributed by atoms with van der Waals surface area (Å²) in [6.45, 7) is 11.4. The molecule has 1 aliphatic heterocycles. The van der Waals surface area contributed by atoms with Crippen LogP contribution in [0.3, 0.4) is 0 Å². The molecule has 0 atom stereocenters. The molecule has 0 spiro atoms. The van der Waals surface area contributed by atoms with Gasteiger partial charge < -0.3 is 36.2 Å². The Balaban J connectivity index is 0.932. The van der Waals surface area contributed by atoms with Crippen molar-refractivity contribution < 1.29 is 27.5 Å². The predicted molar refractivity (Wildman–Crippen MR) is 208 cm³/mol. The number of halogens is 4. The minimum Gasteiger partial charge on any atom is -0.454 e. The van der Waals surface area contributed by atoms with Gasteiger partial charge in [-0.05, 0) is 99.0 Å². The second-order valence-electron chi connectivity index (χ2n) is 16.2. The van der Waals surface area contributed by atoms with Crippen molar-refractivity contribution in [2.24, 2.45) is 10.8 Å². The fourth-order valence-electron chi connectivity index (χ4n) is 7.01. The highest BCUT2D eigenvalue weighted by Gasteiger charge is 2.46. The summed E-state index contributed by atoms with van der Waals surface area (Å²) in [7, 11) is 0. The van der Waals surface area contributed by atoms with Crippen LogP contribution in [0, 0.1) is 10.8 Å². The Morgan fingerprint density at radius 1 is 0.911 bits per heavy atom. The third kappa shape index (κ3) is 9.73. The van der Waals surface area contributed by atoms with Gasteiger partial charge >= 0.3 is 12.2 Å². The number of aromatic nitrogens is 3. The number of hydrogen-bond donors (Lipinski definition) is 5. The van der Waals surface area contributed by atoms with Crippen molar-refractivity contribution in [1.82, 2.24) is 35.8 Å². The van der Waals surface area contributed by atoms with Crippen LogP contribution >= 0.6 is 11.6 Å². The number of allylic oxidation sites excluding steroid dienone is 2. The smallest absolute Gasteiger partial charge is 0.422 e. The van der Waals surface area contributed by atoms with Gasteiger partial charge in [-0.3, -0.25) is 9.59 Å². The van der Waals surface area contributed by atoms with Gasteiger partial charge in [0.05, 0.1) is 11.2 Å². The molecule has 1 saturated heterocycles. The molecule has 1 amide bonds. The lowest BCUT2D eigenvalue weighted by Crippen LogP contribution is -2.45. The van der Waals surface area contributed by atoms with E-state index in [-0.39, 0.29) is 29.0 Å². The Kier molecular flexibility index (Phi) is 10.9. The molecule has 0 bridgehead atoms. The first-order chi connectivity index (χ1) is 26.6. The number of nitrogens with one attached hydrogen (secondary N) is 5. The molecule has 3 aromatic rings. The third-order valence-corrected chi connectivity index (χ3v) is 11.0. The molecule has 56 heavy (non-hydrogen) atoms. The van der Waals surface area contributed by atoms with Crippen molar-refractivity contribution in [2.75, 3.05) is 56.5 Å². The highest BCUT2D eigenvalue weighted by Crippen LogP contribution is 2.48. The van der Waals surface area contributed by atoms with E-state index in [4.69, 9.17) is 16.3 Å². The normalized spacial score (nSPS) is 18.6. The van der Waals surface area contributed by atoms with Crippen molar-refractivity contribution in [2.45, 2.75) is 64.1 Å². The SMILES string of the molecule is C=C1C(=O)C(NCC(C)(C)CNC(=O)c2ccc(Nc3nc(NC4(c5ccc(Cl)cc5)CC4)nc(OCC(F)(F)F)n3)cc2)=C1NCC1(CN2CCCC2)CC1. The van der Waals surface area contributed by atoms with Gasteiger partial charge in [0.15, 0.2) is 6.61 Å². The van der Waals surface area contributed by atoms with Gasteiger partial charge in [0.25, 0.3) is 5.91 Å². The van der Waals surface area contributed by atoms with Crippen LogP contribution in [0.5, 0.6) is 6.01 Å². The Bertz CT molecular complexity index is 1990. The van der Waals surface area contributed by atoms with E-state index >= 15 is 0 Å². The van der Waals surface area contributed by atoms with E-state index in [1.54, 1.807) is 36.4 Å². The second kappa shape index (κ2) is 15.6. The zero-order valence-electron chi connectivity index (χ0n) is 31.5. The van der Waals surface area contributed by atoms with Crippen molar-refractivity contribution in [3.05, 3.63) is 88.2 Å². The molecule has 2 aromatic carbocycles. The molecule has 16 heteroatoms. The van der Waals surface area contributed by atoms with Crippen LogP contribution in [0.25, 0.3) is 0 Å². The van der Waals surface area contributed by atoms with Gasteiger partial charge in [-0.1, -0.05) is 44.2 Å². The average Bonchev–Trinajstić information content (AvgIpc) is 4.06. The van der Waals surface area contributed by atoms with E-state index in [1.165, 1.54) is 38.8 Å². The van der Waals surface area contributed by atoms with E-state index < -0.39 is 29.7 Å². The van der Waals surface area contributed by atoms with E-state index in [0.717, 1.165) is 37.2 Å². The summed E-state index contributed by atoms with van der Waals surface area (Å²) in [5, 5.41) is 16.6. The first-order valence-corrected chi connectivity index (χ1v) is 19.3. The minimum atomic E-state index is -4.59. The Hall–Kier alpha value is -4.89. The maximum Gasteiger partial charge on any atom is 0.422 e. The molecular weight excluding hydrogens is 747 g/mol. The van der Waals surface area contributed by atoms with Gasteiger partial charge in [0, 0.05) is 53.4 Å². The van der Waals surface area contributed by atoms with E-state index in [0.29, 0.717) is 40.6 Å². The van der Waals surface area contributed by atoms with E-state index in [2.05, 4.69) is 53.0 Å². The Morgan fingerprint density at radius 3 is 2.23 bits per heavy atom. The number of ether oxygens (including phenoxy) is 1. The predicted octanol–water partition coefficient (Wildman–Crippen LogP) is 6.47. The fraction of sp³-hybridized carbons (Fsp3) is 0.475. The number of amides is 1. The molecule has 298 valence electrons. The van der Waals surface area contributed by atoms with E-state index in [9.17, 15) is 22.8 Å². The summed E-state index contributed by atoms with van der Waals surface area (Å²) >= 11 is 6.06. The van der Waals surface area contributed by atoms with Crippen LogP contribution in [-0.4, -0.2) is 83.6 Å². The summed E-state index contributed by atoms with van der Waals surface area (Å²) < 4.78 is 43.9. The summed E-state index contributed by atoms with van der Waals surface area (Å²) in [5.74, 6) is -0.396. The third-order valence-electron chi connectivity index (χ3n) is 10.8. The van der Waals surface area contributed by atoms with Crippen molar-refractivity contribution >= 4 is 40.9 Å². The highest BCUT2D eigenvalue weighted by molar-refractivity contribution is 6.30. The number of hydrogen-bond acceptors (Lipinski definition) is 11.